The van der Waals surface area contributed by atoms with Gasteiger partial charge in [-0.25, -0.2) is 4.98 Å². The molecule has 0 aliphatic carbocycles. The van der Waals surface area contributed by atoms with Gasteiger partial charge in [0.25, 0.3) is 0 Å². The summed E-state index contributed by atoms with van der Waals surface area (Å²) in [5, 5.41) is 0. The number of hydrogen-bond donors (Lipinski definition) is 1. The van der Waals surface area contributed by atoms with Crippen molar-refractivity contribution in [2.24, 2.45) is 0 Å². The number of hydrogen-bond acceptors (Lipinski definition) is 3. The molecule has 0 saturated heterocycles. The molecule has 5 aromatic rings. The molecule has 5 rings (SSSR count). The highest BCUT2D eigenvalue weighted by molar-refractivity contribution is 7.97. The number of aromatic nitrogens is 2. The van der Waals surface area contributed by atoms with E-state index in [0.29, 0.717) is 0 Å². The Balaban J connectivity index is 1.28. The molecule has 0 fully saturated rings. The number of imidazole rings is 1. The molecule has 0 aliphatic heterocycles. The van der Waals surface area contributed by atoms with Crippen LogP contribution in [0.2, 0.25) is 0 Å². The van der Waals surface area contributed by atoms with Crippen LogP contribution in [-0.2, 0) is 13.0 Å². The van der Waals surface area contributed by atoms with Gasteiger partial charge in [0.1, 0.15) is 5.82 Å². The van der Waals surface area contributed by atoms with Crippen molar-refractivity contribution in [3.05, 3.63) is 132 Å². The monoisotopic (exact) mass is 449 g/mol. The predicted molar refractivity (Wildman–Crippen MR) is 138 cm³/mol. The van der Waals surface area contributed by atoms with Crippen molar-refractivity contribution in [1.29, 1.82) is 0 Å². The molecular weight excluding hydrogens is 422 g/mol. The number of fused-ring (bicyclic) bond motifs is 1. The highest BCUT2D eigenvalue weighted by atomic mass is 32.2. The molecule has 1 atom stereocenters. The number of para-hydroxylation sites is 2. The molecule has 4 heteroatoms. The van der Waals surface area contributed by atoms with Gasteiger partial charge < -0.3 is 4.57 Å². The van der Waals surface area contributed by atoms with Crippen LogP contribution in [0.25, 0.3) is 11.0 Å². The van der Waals surface area contributed by atoms with Crippen LogP contribution >= 0.6 is 11.9 Å². The highest BCUT2D eigenvalue weighted by Crippen LogP contribution is 2.25. The zero-order valence-corrected chi connectivity index (χ0v) is 19.5. The van der Waals surface area contributed by atoms with Gasteiger partial charge in [0.15, 0.2) is 0 Å². The molecule has 0 amide bonds. The molecule has 164 valence electrons. The molecule has 1 heterocycles. The molecular formula is C29H27N3S. The van der Waals surface area contributed by atoms with E-state index in [4.69, 9.17) is 0 Å². The van der Waals surface area contributed by atoms with Crippen LogP contribution in [0.4, 0.5) is 0 Å². The van der Waals surface area contributed by atoms with Crippen molar-refractivity contribution in [1.82, 2.24) is 14.3 Å². The molecule has 0 radical (unpaired) electrons. The summed E-state index contributed by atoms with van der Waals surface area (Å²) in [6.45, 7) is 2.90. The minimum absolute atomic E-state index is 0.234. The van der Waals surface area contributed by atoms with Gasteiger partial charge in [-0.1, -0.05) is 84.9 Å². The summed E-state index contributed by atoms with van der Waals surface area (Å²) in [5.74, 6) is 1.04. The zero-order valence-electron chi connectivity index (χ0n) is 18.7. The van der Waals surface area contributed by atoms with E-state index in [1.807, 2.05) is 6.07 Å². The van der Waals surface area contributed by atoms with E-state index in [9.17, 15) is 0 Å². The van der Waals surface area contributed by atoms with Gasteiger partial charge in [0, 0.05) is 17.5 Å². The van der Waals surface area contributed by atoms with Crippen molar-refractivity contribution < 1.29 is 0 Å². The van der Waals surface area contributed by atoms with Gasteiger partial charge >= 0.3 is 0 Å². The quantitative estimate of drug-likeness (QED) is 0.259. The minimum Gasteiger partial charge on any atom is -0.324 e. The normalized spacial score (nSPS) is 12.2. The summed E-state index contributed by atoms with van der Waals surface area (Å²) in [7, 11) is 0. The Morgan fingerprint density at radius 2 is 1.42 bits per heavy atom. The topological polar surface area (TPSA) is 29.9 Å². The summed E-state index contributed by atoms with van der Waals surface area (Å²) >= 11 is 1.70. The molecule has 0 spiro atoms. The Bertz CT molecular complexity index is 1310. The third-order valence-electron chi connectivity index (χ3n) is 5.91. The van der Waals surface area contributed by atoms with Crippen molar-refractivity contribution in [2.45, 2.75) is 30.8 Å². The molecule has 1 aromatic heterocycles. The molecule has 1 unspecified atom stereocenters. The zero-order chi connectivity index (χ0) is 22.5. The number of benzene rings is 4. The van der Waals surface area contributed by atoms with E-state index in [2.05, 4.69) is 124 Å². The third-order valence-corrected chi connectivity index (χ3v) is 6.82. The summed E-state index contributed by atoms with van der Waals surface area (Å²) in [6.07, 6.45) is 0.947. The largest absolute Gasteiger partial charge is 0.324 e. The average molecular weight is 450 g/mol. The lowest BCUT2D eigenvalue weighted by atomic mass is 10.00. The van der Waals surface area contributed by atoms with Crippen LogP contribution in [0.3, 0.4) is 0 Å². The second-order valence-corrected chi connectivity index (χ2v) is 9.16. The molecule has 4 aromatic carbocycles. The van der Waals surface area contributed by atoms with Crippen molar-refractivity contribution >= 4 is 23.0 Å². The summed E-state index contributed by atoms with van der Waals surface area (Å²) in [4.78, 5) is 5.90. The summed E-state index contributed by atoms with van der Waals surface area (Å²) in [6, 6.07) is 38.7. The Morgan fingerprint density at radius 1 is 0.758 bits per heavy atom. The number of rotatable bonds is 8. The second-order valence-electron chi connectivity index (χ2n) is 8.25. The van der Waals surface area contributed by atoms with Crippen molar-refractivity contribution in [3.63, 3.8) is 0 Å². The lowest BCUT2D eigenvalue weighted by Gasteiger charge is -2.19. The number of nitrogens with zero attached hydrogens (tertiary/aromatic N) is 2. The molecule has 0 bridgehead atoms. The first-order chi connectivity index (χ1) is 16.3. The van der Waals surface area contributed by atoms with Crippen LogP contribution in [0.5, 0.6) is 0 Å². The first-order valence-corrected chi connectivity index (χ1v) is 12.1. The van der Waals surface area contributed by atoms with Crippen LogP contribution in [0.1, 0.15) is 28.6 Å². The molecule has 3 nitrogen and oxygen atoms in total. The maximum absolute atomic E-state index is 4.69. The van der Waals surface area contributed by atoms with Gasteiger partial charge in [-0.3, -0.25) is 4.72 Å². The molecule has 0 saturated carbocycles. The fraction of sp³-hybridized carbons (Fsp3) is 0.138. The fourth-order valence-electron chi connectivity index (χ4n) is 4.14. The number of aryl methyl sites for hydroxylation is 1. The van der Waals surface area contributed by atoms with Crippen LogP contribution in [-0.4, -0.2) is 9.55 Å². The Hall–Kier alpha value is -3.34. The Kier molecular flexibility index (Phi) is 6.56. The smallest absolute Gasteiger partial charge is 0.107 e. The Labute approximate surface area is 199 Å². The van der Waals surface area contributed by atoms with Gasteiger partial charge in [-0.15, -0.1) is 0 Å². The van der Waals surface area contributed by atoms with Crippen LogP contribution < -0.4 is 4.72 Å². The number of nitrogens with one attached hydrogen (secondary N) is 1. The SMILES string of the molecule is Cc1nc2ccccc2n1Cc1ccc(SNC(Cc2ccccc2)c2ccccc2)cc1. The van der Waals surface area contributed by atoms with Gasteiger partial charge in [0.2, 0.25) is 0 Å². The van der Waals surface area contributed by atoms with Crippen LogP contribution in [0, 0.1) is 6.92 Å². The van der Waals surface area contributed by atoms with Crippen LogP contribution in [0.15, 0.2) is 114 Å². The van der Waals surface area contributed by atoms with E-state index in [0.717, 1.165) is 24.3 Å². The third kappa shape index (κ3) is 5.19. The van der Waals surface area contributed by atoms with Gasteiger partial charge in [0.05, 0.1) is 11.0 Å². The van der Waals surface area contributed by atoms with Crippen molar-refractivity contribution in [2.75, 3.05) is 0 Å². The fourth-order valence-corrected chi connectivity index (χ4v) is 4.91. The van der Waals surface area contributed by atoms with Gasteiger partial charge in [-0.05, 0) is 66.2 Å². The molecule has 0 aliphatic rings. The first-order valence-electron chi connectivity index (χ1n) is 11.3. The van der Waals surface area contributed by atoms with E-state index in [1.165, 1.54) is 27.1 Å². The lowest BCUT2D eigenvalue weighted by Crippen LogP contribution is -2.16. The van der Waals surface area contributed by atoms with Gasteiger partial charge in [-0.2, -0.15) is 0 Å². The van der Waals surface area contributed by atoms with E-state index in [-0.39, 0.29) is 6.04 Å². The average Bonchev–Trinajstić information content (AvgIpc) is 3.18. The van der Waals surface area contributed by atoms with Crippen molar-refractivity contribution in [3.8, 4) is 0 Å². The maximum Gasteiger partial charge on any atom is 0.107 e. The second kappa shape index (κ2) is 10.1. The molecule has 33 heavy (non-hydrogen) atoms. The van der Waals surface area contributed by atoms with E-state index < -0.39 is 0 Å². The molecule has 1 N–H and O–H groups in total. The van der Waals surface area contributed by atoms with E-state index >= 15 is 0 Å². The minimum atomic E-state index is 0.234. The standard InChI is InChI=1S/C29H27N3S/c1-22-30-27-14-8-9-15-29(27)32(22)21-24-16-18-26(19-17-24)33-31-28(25-12-6-3-7-13-25)20-23-10-4-2-5-11-23/h2-19,28,31H,20-21H2,1H3. The first kappa shape index (κ1) is 21.5. The summed E-state index contributed by atoms with van der Waals surface area (Å²) < 4.78 is 5.98. The predicted octanol–water partition coefficient (Wildman–Crippen LogP) is 6.97. The Morgan fingerprint density at radius 3 is 2.18 bits per heavy atom. The highest BCUT2D eigenvalue weighted by Gasteiger charge is 2.13. The summed E-state index contributed by atoms with van der Waals surface area (Å²) in [5.41, 5.74) is 6.14. The maximum atomic E-state index is 4.69. The lowest BCUT2D eigenvalue weighted by molar-refractivity contribution is 0.672. The van der Waals surface area contributed by atoms with E-state index in [1.54, 1.807) is 11.9 Å².